The minimum absolute atomic E-state index is 0.161. The van der Waals surface area contributed by atoms with E-state index in [0.717, 1.165) is 17.4 Å². The fourth-order valence-electron chi connectivity index (χ4n) is 2.52. The maximum absolute atomic E-state index is 11.4. The molecule has 0 amide bonds. The Morgan fingerprint density at radius 1 is 1.17 bits per heavy atom. The van der Waals surface area contributed by atoms with E-state index in [4.69, 9.17) is 0 Å². The quantitative estimate of drug-likeness (QED) is 0.787. The number of sulfone groups is 1. The van der Waals surface area contributed by atoms with Gasteiger partial charge in [0, 0.05) is 5.92 Å². The Hall–Kier alpha value is -1.16. The average molecular weight is 266 g/mol. The summed E-state index contributed by atoms with van der Waals surface area (Å²) in [5, 5.41) is 0. The second kappa shape index (κ2) is 5.22. The zero-order chi connectivity index (χ0) is 13.2. The number of carbonyl (C=O) groups excluding carboxylic acids is 1. The molecule has 1 aliphatic heterocycles. The molecule has 0 N–H and O–H groups in total. The molecule has 4 heteroatoms. The molecule has 18 heavy (non-hydrogen) atoms. The van der Waals surface area contributed by atoms with Crippen LogP contribution in [0.25, 0.3) is 0 Å². The van der Waals surface area contributed by atoms with Crippen molar-refractivity contribution < 1.29 is 13.2 Å². The second-order valence-electron chi connectivity index (χ2n) is 5.06. The highest BCUT2D eigenvalue weighted by Crippen LogP contribution is 2.32. The van der Waals surface area contributed by atoms with Crippen LogP contribution in [0.3, 0.4) is 0 Å². The topological polar surface area (TPSA) is 51.2 Å². The van der Waals surface area contributed by atoms with Crippen molar-refractivity contribution in [1.29, 1.82) is 0 Å². The van der Waals surface area contributed by atoms with E-state index in [-0.39, 0.29) is 23.3 Å². The molecular formula is C14H18O3S. The summed E-state index contributed by atoms with van der Waals surface area (Å²) in [5.41, 5.74) is 2.16. The van der Waals surface area contributed by atoms with Gasteiger partial charge in [0.25, 0.3) is 0 Å². The van der Waals surface area contributed by atoms with Crippen molar-refractivity contribution >= 4 is 16.1 Å². The highest BCUT2D eigenvalue weighted by molar-refractivity contribution is 7.91. The van der Waals surface area contributed by atoms with Crippen molar-refractivity contribution in [3.8, 4) is 0 Å². The van der Waals surface area contributed by atoms with Gasteiger partial charge in [0.1, 0.15) is 16.1 Å². The fourth-order valence-corrected chi connectivity index (χ4v) is 4.05. The normalized spacial score (nSPS) is 21.4. The molecule has 3 nitrogen and oxygen atoms in total. The fraction of sp³-hybridized carbons (Fsp3) is 0.500. The molecule has 1 fully saturated rings. The molecule has 0 aromatic heterocycles. The predicted octanol–water partition coefficient (Wildman–Crippen LogP) is 2.10. The van der Waals surface area contributed by atoms with Crippen LogP contribution in [-0.4, -0.2) is 26.2 Å². The molecule has 1 saturated heterocycles. The summed E-state index contributed by atoms with van der Waals surface area (Å²) in [5.74, 6) is 0.427. The van der Waals surface area contributed by atoms with Gasteiger partial charge in [-0.1, -0.05) is 29.8 Å². The summed E-state index contributed by atoms with van der Waals surface area (Å²) >= 11 is 0. The van der Waals surface area contributed by atoms with Crippen molar-refractivity contribution in [2.24, 2.45) is 5.92 Å². The summed E-state index contributed by atoms with van der Waals surface area (Å²) in [6.07, 6.45) is 2.16. The van der Waals surface area contributed by atoms with Crippen molar-refractivity contribution in [3.63, 3.8) is 0 Å². The van der Waals surface area contributed by atoms with Crippen LogP contribution in [0.2, 0.25) is 0 Å². The molecular weight excluding hydrogens is 248 g/mol. The van der Waals surface area contributed by atoms with Crippen molar-refractivity contribution in [2.45, 2.75) is 25.7 Å². The van der Waals surface area contributed by atoms with Crippen LogP contribution < -0.4 is 0 Å². The number of aryl methyl sites for hydroxylation is 1. The molecule has 1 aromatic rings. The summed E-state index contributed by atoms with van der Waals surface area (Å²) in [7, 11) is -2.86. The molecule has 0 spiro atoms. The second-order valence-corrected chi connectivity index (χ2v) is 7.37. The number of aldehydes is 1. The lowest BCUT2D eigenvalue weighted by atomic mass is 9.83. The van der Waals surface area contributed by atoms with E-state index in [9.17, 15) is 13.2 Å². The molecule has 1 aromatic carbocycles. The van der Waals surface area contributed by atoms with Crippen LogP contribution in [0.5, 0.6) is 0 Å². The van der Waals surface area contributed by atoms with Gasteiger partial charge in [-0.05, 0) is 31.2 Å². The van der Waals surface area contributed by atoms with E-state index >= 15 is 0 Å². The summed E-state index contributed by atoms with van der Waals surface area (Å²) < 4.78 is 22.8. The van der Waals surface area contributed by atoms with Crippen molar-refractivity contribution in [1.82, 2.24) is 0 Å². The third-order valence-corrected chi connectivity index (χ3v) is 5.43. The number of carbonyl (C=O) groups is 1. The molecule has 1 aliphatic rings. The van der Waals surface area contributed by atoms with Crippen molar-refractivity contribution in [2.75, 3.05) is 11.5 Å². The molecule has 0 bridgehead atoms. The summed E-state index contributed by atoms with van der Waals surface area (Å²) in [6.45, 7) is 2.01. The number of hydrogen-bond donors (Lipinski definition) is 0. The maximum Gasteiger partial charge on any atom is 0.150 e. The highest BCUT2D eigenvalue weighted by Gasteiger charge is 2.30. The van der Waals surface area contributed by atoms with Gasteiger partial charge in [-0.2, -0.15) is 0 Å². The van der Waals surface area contributed by atoms with E-state index < -0.39 is 9.84 Å². The van der Waals surface area contributed by atoms with Gasteiger partial charge in [0.05, 0.1) is 11.5 Å². The van der Waals surface area contributed by atoms with E-state index in [1.807, 2.05) is 31.2 Å². The van der Waals surface area contributed by atoms with Gasteiger partial charge in [-0.15, -0.1) is 0 Å². The van der Waals surface area contributed by atoms with Crippen molar-refractivity contribution in [3.05, 3.63) is 35.4 Å². The monoisotopic (exact) mass is 266 g/mol. The van der Waals surface area contributed by atoms with Gasteiger partial charge in [0.15, 0.2) is 0 Å². The molecule has 2 rings (SSSR count). The van der Waals surface area contributed by atoms with E-state index in [1.165, 1.54) is 0 Å². The Balaban J connectivity index is 2.15. The Labute approximate surface area is 108 Å². The van der Waals surface area contributed by atoms with Gasteiger partial charge < -0.3 is 4.79 Å². The number of hydrogen-bond acceptors (Lipinski definition) is 3. The SMILES string of the molecule is Cc1ccc(C(C=O)C2CCS(=O)(=O)CC2)cc1. The zero-order valence-corrected chi connectivity index (χ0v) is 11.3. The lowest BCUT2D eigenvalue weighted by Crippen LogP contribution is -2.27. The smallest absolute Gasteiger partial charge is 0.150 e. The first-order valence-corrected chi connectivity index (χ1v) is 8.06. The third kappa shape index (κ3) is 2.99. The molecule has 1 unspecified atom stereocenters. The van der Waals surface area contributed by atoms with E-state index in [0.29, 0.717) is 12.8 Å². The largest absolute Gasteiger partial charge is 0.303 e. The molecule has 0 aliphatic carbocycles. The van der Waals surface area contributed by atoms with E-state index in [2.05, 4.69) is 0 Å². The lowest BCUT2D eigenvalue weighted by Gasteiger charge is -2.27. The number of rotatable bonds is 3. The summed E-state index contributed by atoms with van der Waals surface area (Å²) in [6, 6.07) is 7.92. The first-order chi connectivity index (χ1) is 8.52. The highest BCUT2D eigenvalue weighted by atomic mass is 32.2. The standard InChI is InChI=1S/C14H18O3S/c1-11-2-4-12(5-3-11)14(10-15)13-6-8-18(16,17)9-7-13/h2-5,10,13-14H,6-9H2,1H3. The van der Waals surface area contributed by atoms with Crippen LogP contribution in [-0.2, 0) is 14.6 Å². The van der Waals surface area contributed by atoms with Crippen LogP contribution in [0.1, 0.15) is 29.9 Å². The Kier molecular flexibility index (Phi) is 3.85. The maximum atomic E-state index is 11.4. The molecule has 0 saturated carbocycles. The van der Waals surface area contributed by atoms with Gasteiger partial charge in [-0.25, -0.2) is 8.42 Å². The first kappa shape index (κ1) is 13.3. The predicted molar refractivity (Wildman–Crippen MR) is 71.4 cm³/mol. The molecule has 0 radical (unpaired) electrons. The van der Waals surface area contributed by atoms with Crippen LogP contribution in [0.4, 0.5) is 0 Å². The van der Waals surface area contributed by atoms with Gasteiger partial charge in [0.2, 0.25) is 0 Å². The molecule has 98 valence electrons. The first-order valence-electron chi connectivity index (χ1n) is 6.24. The Morgan fingerprint density at radius 2 is 1.72 bits per heavy atom. The minimum atomic E-state index is -2.86. The van der Waals surface area contributed by atoms with E-state index in [1.54, 1.807) is 0 Å². The van der Waals surface area contributed by atoms with Crippen LogP contribution >= 0.6 is 0 Å². The lowest BCUT2D eigenvalue weighted by molar-refractivity contribution is -0.110. The average Bonchev–Trinajstić information content (AvgIpc) is 2.34. The Morgan fingerprint density at radius 3 is 2.22 bits per heavy atom. The number of benzene rings is 1. The van der Waals surface area contributed by atoms with Crippen LogP contribution in [0, 0.1) is 12.8 Å². The van der Waals surface area contributed by atoms with Gasteiger partial charge >= 0.3 is 0 Å². The zero-order valence-electron chi connectivity index (χ0n) is 10.5. The van der Waals surface area contributed by atoms with Crippen LogP contribution in [0.15, 0.2) is 24.3 Å². The Bertz CT molecular complexity index is 502. The minimum Gasteiger partial charge on any atom is -0.303 e. The molecule has 1 heterocycles. The van der Waals surface area contributed by atoms with Gasteiger partial charge in [-0.3, -0.25) is 0 Å². The third-order valence-electron chi connectivity index (χ3n) is 3.72. The summed E-state index contributed by atoms with van der Waals surface area (Å²) in [4.78, 5) is 11.3. The molecule has 1 atom stereocenters.